The molecule has 0 radical (unpaired) electrons. The number of aryl methyl sites for hydroxylation is 2. The Morgan fingerprint density at radius 3 is 2.55 bits per heavy atom. The van der Waals surface area contributed by atoms with Crippen molar-refractivity contribution in [2.24, 2.45) is 0 Å². The molecule has 3 aromatic carbocycles. The summed E-state index contributed by atoms with van der Waals surface area (Å²) < 4.78 is 15.4. The van der Waals surface area contributed by atoms with Gasteiger partial charge in [0.25, 0.3) is 0 Å². The molecule has 0 fully saturated rings. The maximum atomic E-state index is 13.1. The number of amides is 1. The molecule has 3 nitrogen and oxygen atoms in total. The molecule has 1 amide bonds. The minimum absolute atomic E-state index is 0.0239. The van der Waals surface area contributed by atoms with Gasteiger partial charge in [0.2, 0.25) is 5.91 Å². The molecule has 158 valence electrons. The molecule has 1 heterocycles. The van der Waals surface area contributed by atoms with E-state index in [0.717, 1.165) is 17.7 Å². The van der Waals surface area contributed by atoms with Crippen molar-refractivity contribution in [3.05, 3.63) is 107 Å². The normalized spacial score (nSPS) is 12.1. The van der Waals surface area contributed by atoms with E-state index in [-0.39, 0.29) is 17.6 Å². The summed E-state index contributed by atoms with van der Waals surface area (Å²) >= 11 is 0. The van der Waals surface area contributed by atoms with Crippen molar-refractivity contribution in [3.63, 3.8) is 0 Å². The predicted molar refractivity (Wildman–Crippen MR) is 123 cm³/mol. The second-order valence-corrected chi connectivity index (χ2v) is 7.96. The molecule has 1 atom stereocenters. The van der Waals surface area contributed by atoms with Crippen LogP contribution in [-0.4, -0.2) is 10.5 Å². The van der Waals surface area contributed by atoms with Crippen molar-refractivity contribution in [3.8, 4) is 0 Å². The van der Waals surface area contributed by atoms with Crippen LogP contribution in [0.4, 0.5) is 4.39 Å². The van der Waals surface area contributed by atoms with Gasteiger partial charge in [-0.05, 0) is 48.7 Å². The number of para-hydroxylation sites is 1. The molecule has 4 heteroatoms. The van der Waals surface area contributed by atoms with E-state index in [9.17, 15) is 9.18 Å². The molecule has 0 saturated carbocycles. The highest BCUT2D eigenvalue weighted by Gasteiger charge is 2.22. The number of rotatable bonds is 7. The number of fused-ring (bicyclic) bond motifs is 1. The summed E-state index contributed by atoms with van der Waals surface area (Å²) in [6.07, 6.45) is 2.54. The number of hydrogen-bond acceptors (Lipinski definition) is 1. The number of nitrogens with zero attached hydrogens (tertiary/aromatic N) is 1. The van der Waals surface area contributed by atoms with Crippen LogP contribution >= 0.6 is 0 Å². The smallest absolute Gasteiger partial charge is 0.221 e. The van der Waals surface area contributed by atoms with Crippen LogP contribution in [0.15, 0.2) is 79.0 Å². The first-order valence-electron chi connectivity index (χ1n) is 10.7. The Morgan fingerprint density at radius 2 is 1.81 bits per heavy atom. The molecule has 0 aliphatic heterocycles. The first-order chi connectivity index (χ1) is 15.0. The van der Waals surface area contributed by atoms with Gasteiger partial charge in [-0.2, -0.15) is 0 Å². The predicted octanol–water partition coefficient (Wildman–Crippen LogP) is 5.95. The van der Waals surface area contributed by atoms with Gasteiger partial charge in [0.15, 0.2) is 0 Å². The van der Waals surface area contributed by atoms with E-state index in [0.29, 0.717) is 13.0 Å². The summed E-state index contributed by atoms with van der Waals surface area (Å²) in [6.45, 7) is 5.46. The van der Waals surface area contributed by atoms with Gasteiger partial charge in [-0.15, -0.1) is 0 Å². The summed E-state index contributed by atoms with van der Waals surface area (Å²) in [5.41, 5.74) is 5.54. The van der Waals surface area contributed by atoms with Crippen molar-refractivity contribution in [1.82, 2.24) is 9.88 Å². The number of carbonyl (C=O) groups is 1. The van der Waals surface area contributed by atoms with Gasteiger partial charge in [0.05, 0.1) is 0 Å². The maximum absolute atomic E-state index is 13.1. The maximum Gasteiger partial charge on any atom is 0.221 e. The van der Waals surface area contributed by atoms with Crippen LogP contribution in [0.25, 0.3) is 10.9 Å². The quantitative estimate of drug-likeness (QED) is 0.398. The Hall–Kier alpha value is -3.40. The molecule has 0 saturated heterocycles. The summed E-state index contributed by atoms with van der Waals surface area (Å²) in [6, 6.07) is 23.0. The van der Waals surface area contributed by atoms with E-state index >= 15 is 0 Å². The first-order valence-corrected chi connectivity index (χ1v) is 10.7. The second-order valence-electron chi connectivity index (χ2n) is 7.96. The minimum Gasteiger partial charge on any atom is -0.352 e. The van der Waals surface area contributed by atoms with Crippen LogP contribution in [0.1, 0.15) is 41.5 Å². The Labute approximate surface area is 182 Å². The average Bonchev–Trinajstić information content (AvgIpc) is 3.16. The summed E-state index contributed by atoms with van der Waals surface area (Å²) in [5, 5.41) is 4.19. The summed E-state index contributed by atoms with van der Waals surface area (Å²) in [4.78, 5) is 12.9. The highest BCUT2D eigenvalue weighted by molar-refractivity contribution is 5.86. The molecule has 4 aromatic rings. The Bertz CT molecular complexity index is 1190. The second kappa shape index (κ2) is 9.17. The number of carbonyl (C=O) groups excluding carboxylic acids is 1. The SMILES string of the molecule is CCn1cc([C@@H](CC(=O)NCc2ccc(F)cc2)c2cccc(C)c2)c2ccccc21. The lowest BCUT2D eigenvalue weighted by molar-refractivity contribution is -0.121. The van der Waals surface area contributed by atoms with E-state index in [4.69, 9.17) is 0 Å². The van der Waals surface area contributed by atoms with Gasteiger partial charge in [0.1, 0.15) is 5.82 Å². The van der Waals surface area contributed by atoms with Gasteiger partial charge in [0, 0.05) is 42.5 Å². The van der Waals surface area contributed by atoms with Crippen LogP contribution in [0, 0.1) is 12.7 Å². The molecule has 0 aliphatic rings. The summed E-state index contributed by atoms with van der Waals surface area (Å²) in [7, 11) is 0. The van der Waals surface area contributed by atoms with E-state index < -0.39 is 0 Å². The molecule has 0 spiro atoms. The zero-order chi connectivity index (χ0) is 21.8. The van der Waals surface area contributed by atoms with Crippen molar-refractivity contribution in [1.29, 1.82) is 0 Å². The van der Waals surface area contributed by atoms with Crippen molar-refractivity contribution in [2.45, 2.75) is 39.3 Å². The number of nitrogens with one attached hydrogen (secondary N) is 1. The van der Waals surface area contributed by atoms with Gasteiger partial charge in [-0.25, -0.2) is 4.39 Å². The Kier molecular flexibility index (Phi) is 6.17. The lowest BCUT2D eigenvalue weighted by Crippen LogP contribution is -2.25. The third kappa shape index (κ3) is 4.69. The Balaban J connectivity index is 1.64. The lowest BCUT2D eigenvalue weighted by Gasteiger charge is -2.18. The van der Waals surface area contributed by atoms with Gasteiger partial charge in [-0.1, -0.05) is 60.2 Å². The van der Waals surface area contributed by atoms with Gasteiger partial charge < -0.3 is 9.88 Å². The molecule has 0 unspecified atom stereocenters. The number of halogens is 1. The minimum atomic E-state index is -0.276. The fraction of sp³-hybridized carbons (Fsp3) is 0.222. The third-order valence-electron chi connectivity index (χ3n) is 5.77. The number of aromatic nitrogens is 1. The van der Waals surface area contributed by atoms with E-state index in [2.05, 4.69) is 66.3 Å². The third-order valence-corrected chi connectivity index (χ3v) is 5.77. The number of hydrogen-bond donors (Lipinski definition) is 1. The highest BCUT2D eigenvalue weighted by Crippen LogP contribution is 2.35. The van der Waals surface area contributed by atoms with Crippen molar-refractivity contribution < 1.29 is 9.18 Å². The van der Waals surface area contributed by atoms with Crippen LogP contribution in [-0.2, 0) is 17.9 Å². The van der Waals surface area contributed by atoms with Gasteiger partial charge in [-0.3, -0.25) is 4.79 Å². The zero-order valence-corrected chi connectivity index (χ0v) is 17.9. The van der Waals surface area contributed by atoms with Crippen LogP contribution < -0.4 is 5.32 Å². The molecule has 4 rings (SSSR count). The summed E-state index contributed by atoms with van der Waals surface area (Å²) in [5.74, 6) is -0.350. The van der Waals surface area contributed by atoms with E-state index in [1.165, 1.54) is 34.2 Å². The average molecular weight is 415 g/mol. The largest absolute Gasteiger partial charge is 0.352 e. The topological polar surface area (TPSA) is 34.0 Å². The Morgan fingerprint density at radius 1 is 1.03 bits per heavy atom. The molecule has 1 aromatic heterocycles. The monoisotopic (exact) mass is 414 g/mol. The van der Waals surface area contributed by atoms with Crippen LogP contribution in [0.2, 0.25) is 0 Å². The van der Waals surface area contributed by atoms with Crippen molar-refractivity contribution in [2.75, 3.05) is 0 Å². The highest BCUT2D eigenvalue weighted by atomic mass is 19.1. The molecule has 31 heavy (non-hydrogen) atoms. The van der Waals surface area contributed by atoms with Crippen LogP contribution in [0.3, 0.4) is 0 Å². The molecular weight excluding hydrogens is 387 g/mol. The van der Waals surface area contributed by atoms with Crippen LogP contribution in [0.5, 0.6) is 0 Å². The standard InChI is InChI=1S/C27H27FN2O/c1-3-30-18-25(23-9-4-5-10-26(23)30)24(21-8-6-7-19(2)15-21)16-27(31)29-17-20-11-13-22(28)14-12-20/h4-15,18,24H,3,16-17H2,1-2H3,(H,29,31)/t24-/m0/s1. The first kappa shape index (κ1) is 20.9. The fourth-order valence-electron chi connectivity index (χ4n) is 4.17. The van der Waals surface area contributed by atoms with E-state index in [1.807, 2.05) is 12.1 Å². The zero-order valence-electron chi connectivity index (χ0n) is 17.9. The molecule has 1 N–H and O–H groups in total. The number of benzene rings is 3. The lowest BCUT2D eigenvalue weighted by atomic mass is 9.87. The van der Waals surface area contributed by atoms with E-state index in [1.54, 1.807) is 12.1 Å². The molecular formula is C27H27FN2O. The molecule has 0 bridgehead atoms. The molecule has 0 aliphatic carbocycles. The van der Waals surface area contributed by atoms with Crippen molar-refractivity contribution >= 4 is 16.8 Å². The fourth-order valence-corrected chi connectivity index (χ4v) is 4.17. The van der Waals surface area contributed by atoms with Gasteiger partial charge >= 0.3 is 0 Å².